The van der Waals surface area contributed by atoms with Gasteiger partial charge in [-0.15, -0.1) is 0 Å². The van der Waals surface area contributed by atoms with Crippen LogP contribution >= 0.6 is 0 Å². The summed E-state index contributed by atoms with van der Waals surface area (Å²) in [5.41, 5.74) is -0.466. The molecular formula is C18H28O2S. The standard InChI is InChI=1S/C18H28O2S/c19-18(9-15-2-1-3-16(10-18)21(15)20)17-13-5-11-4-12(7-13)8-14(17)6-11/h11-17,19H,1-10H2. The van der Waals surface area contributed by atoms with Gasteiger partial charge in [0.15, 0.2) is 0 Å². The zero-order valence-electron chi connectivity index (χ0n) is 12.9. The van der Waals surface area contributed by atoms with Crippen molar-refractivity contribution in [1.29, 1.82) is 0 Å². The SMILES string of the molecule is O=S1C2CCCC1CC(O)(C1C3CC4CC(C3)CC1C4)C2. The van der Waals surface area contributed by atoms with Gasteiger partial charge in [-0.3, -0.25) is 4.21 Å². The minimum absolute atomic E-state index is 0.305. The molecule has 6 aliphatic rings. The molecule has 2 saturated heterocycles. The smallest absolute Gasteiger partial charge is 0.0704 e. The van der Waals surface area contributed by atoms with Crippen LogP contribution < -0.4 is 0 Å². The molecule has 3 heteroatoms. The van der Waals surface area contributed by atoms with Crippen molar-refractivity contribution < 1.29 is 9.32 Å². The molecule has 1 N–H and O–H groups in total. The van der Waals surface area contributed by atoms with E-state index in [0.717, 1.165) is 49.4 Å². The molecule has 118 valence electrons. The van der Waals surface area contributed by atoms with Crippen LogP contribution in [0.1, 0.15) is 64.2 Å². The Morgan fingerprint density at radius 1 is 0.857 bits per heavy atom. The molecule has 4 aliphatic carbocycles. The number of rotatable bonds is 1. The highest BCUT2D eigenvalue weighted by Crippen LogP contribution is 2.61. The fourth-order valence-electron chi connectivity index (χ4n) is 7.39. The molecule has 21 heavy (non-hydrogen) atoms. The molecule has 0 aromatic carbocycles. The highest BCUT2D eigenvalue weighted by atomic mass is 32.2. The summed E-state index contributed by atoms with van der Waals surface area (Å²) in [6, 6.07) is 0. The van der Waals surface area contributed by atoms with Gasteiger partial charge in [-0.05, 0) is 87.4 Å². The largest absolute Gasteiger partial charge is 0.389 e. The van der Waals surface area contributed by atoms with Crippen molar-refractivity contribution in [2.45, 2.75) is 80.3 Å². The molecule has 2 nitrogen and oxygen atoms in total. The van der Waals surface area contributed by atoms with Crippen LogP contribution in [0.25, 0.3) is 0 Å². The maximum absolute atomic E-state index is 12.5. The lowest BCUT2D eigenvalue weighted by Gasteiger charge is -2.60. The van der Waals surface area contributed by atoms with Crippen LogP contribution in [0.4, 0.5) is 0 Å². The molecule has 0 radical (unpaired) electrons. The van der Waals surface area contributed by atoms with Crippen LogP contribution in [0.3, 0.4) is 0 Å². The van der Waals surface area contributed by atoms with Gasteiger partial charge in [-0.25, -0.2) is 0 Å². The minimum Gasteiger partial charge on any atom is -0.389 e. The van der Waals surface area contributed by atoms with Crippen molar-refractivity contribution in [2.75, 3.05) is 0 Å². The van der Waals surface area contributed by atoms with Crippen LogP contribution in [0.15, 0.2) is 0 Å². The Hall–Kier alpha value is 0.110. The first-order chi connectivity index (χ1) is 10.1. The third kappa shape index (κ3) is 1.95. The number of aliphatic hydroxyl groups is 1. The molecule has 0 aromatic rings. The Morgan fingerprint density at radius 3 is 1.90 bits per heavy atom. The van der Waals surface area contributed by atoms with Gasteiger partial charge < -0.3 is 5.11 Å². The van der Waals surface area contributed by atoms with E-state index in [1.807, 2.05) is 0 Å². The van der Waals surface area contributed by atoms with Gasteiger partial charge in [-0.1, -0.05) is 6.42 Å². The van der Waals surface area contributed by atoms with Gasteiger partial charge in [0.25, 0.3) is 0 Å². The maximum Gasteiger partial charge on any atom is 0.0704 e. The molecule has 2 unspecified atom stereocenters. The monoisotopic (exact) mass is 308 g/mol. The van der Waals surface area contributed by atoms with E-state index in [-0.39, 0.29) is 0 Å². The van der Waals surface area contributed by atoms with Crippen LogP contribution in [-0.4, -0.2) is 25.4 Å². The molecule has 6 fully saturated rings. The quantitative estimate of drug-likeness (QED) is 0.807. The third-order valence-corrected chi connectivity index (χ3v) is 9.84. The van der Waals surface area contributed by atoms with Crippen LogP contribution in [0.2, 0.25) is 0 Å². The van der Waals surface area contributed by atoms with Crippen molar-refractivity contribution in [3.05, 3.63) is 0 Å². The van der Waals surface area contributed by atoms with Gasteiger partial charge in [-0.2, -0.15) is 0 Å². The lowest BCUT2D eigenvalue weighted by molar-refractivity contribution is -0.152. The predicted octanol–water partition coefficient (Wildman–Crippen LogP) is 3.25. The summed E-state index contributed by atoms with van der Waals surface area (Å²) in [6.07, 6.45) is 12.2. The first kappa shape index (κ1) is 13.5. The Labute approximate surface area is 130 Å². The Bertz CT molecular complexity index is 430. The van der Waals surface area contributed by atoms with E-state index >= 15 is 0 Å². The van der Waals surface area contributed by atoms with E-state index < -0.39 is 16.4 Å². The molecular weight excluding hydrogens is 280 g/mol. The summed E-state index contributed by atoms with van der Waals surface area (Å²) >= 11 is 0. The number of hydrogen-bond acceptors (Lipinski definition) is 2. The summed E-state index contributed by atoms with van der Waals surface area (Å²) in [5, 5.41) is 12.2. The first-order valence-corrected chi connectivity index (χ1v) is 10.5. The summed E-state index contributed by atoms with van der Waals surface area (Å²) in [5.74, 6) is 4.08. The summed E-state index contributed by atoms with van der Waals surface area (Å²) in [6.45, 7) is 0. The van der Waals surface area contributed by atoms with Crippen molar-refractivity contribution in [1.82, 2.24) is 0 Å². The third-order valence-electron chi connectivity index (χ3n) is 7.72. The fourth-order valence-corrected chi connectivity index (χ4v) is 9.64. The minimum atomic E-state index is -0.652. The lowest BCUT2D eigenvalue weighted by atomic mass is 9.48. The summed E-state index contributed by atoms with van der Waals surface area (Å²) in [7, 11) is -0.652. The summed E-state index contributed by atoms with van der Waals surface area (Å²) in [4.78, 5) is 0. The topological polar surface area (TPSA) is 37.3 Å². The lowest BCUT2D eigenvalue weighted by Crippen LogP contribution is -2.60. The van der Waals surface area contributed by atoms with E-state index in [4.69, 9.17) is 0 Å². The average Bonchev–Trinajstić information content (AvgIpc) is 2.39. The Morgan fingerprint density at radius 2 is 1.38 bits per heavy atom. The van der Waals surface area contributed by atoms with Gasteiger partial charge in [0.05, 0.1) is 5.60 Å². The molecule has 2 heterocycles. The van der Waals surface area contributed by atoms with Gasteiger partial charge in [0, 0.05) is 21.3 Å². The highest BCUT2D eigenvalue weighted by molar-refractivity contribution is 7.86. The molecule has 0 aromatic heterocycles. The van der Waals surface area contributed by atoms with E-state index in [0.29, 0.717) is 16.4 Å². The predicted molar refractivity (Wildman–Crippen MR) is 84.3 cm³/mol. The zero-order chi connectivity index (χ0) is 14.2. The van der Waals surface area contributed by atoms with Gasteiger partial charge >= 0.3 is 0 Å². The van der Waals surface area contributed by atoms with E-state index in [1.54, 1.807) is 0 Å². The molecule has 2 aliphatic heterocycles. The Kier molecular flexibility index (Phi) is 2.94. The van der Waals surface area contributed by atoms with E-state index in [1.165, 1.54) is 38.5 Å². The van der Waals surface area contributed by atoms with Crippen molar-refractivity contribution >= 4 is 10.8 Å². The van der Waals surface area contributed by atoms with Crippen molar-refractivity contribution in [3.63, 3.8) is 0 Å². The van der Waals surface area contributed by atoms with Gasteiger partial charge in [0.2, 0.25) is 0 Å². The normalized spacial score (nSPS) is 62.0. The maximum atomic E-state index is 12.5. The molecule has 6 rings (SSSR count). The second-order valence-corrected chi connectivity index (χ2v) is 11.0. The molecule has 2 atom stereocenters. The van der Waals surface area contributed by atoms with Crippen LogP contribution in [0, 0.1) is 29.6 Å². The molecule has 0 amide bonds. The average molecular weight is 308 g/mol. The number of hydrogen-bond donors (Lipinski definition) is 1. The first-order valence-electron chi connectivity index (χ1n) is 9.24. The van der Waals surface area contributed by atoms with E-state index in [2.05, 4.69) is 0 Å². The zero-order valence-corrected chi connectivity index (χ0v) is 13.7. The van der Waals surface area contributed by atoms with Crippen molar-refractivity contribution in [3.8, 4) is 0 Å². The number of fused-ring (bicyclic) bond motifs is 2. The van der Waals surface area contributed by atoms with E-state index in [9.17, 15) is 9.32 Å². The highest BCUT2D eigenvalue weighted by Gasteiger charge is 2.58. The molecule has 0 spiro atoms. The van der Waals surface area contributed by atoms with Crippen LogP contribution in [0.5, 0.6) is 0 Å². The summed E-state index contributed by atoms with van der Waals surface area (Å²) < 4.78 is 12.5. The fraction of sp³-hybridized carbons (Fsp3) is 1.00. The van der Waals surface area contributed by atoms with Crippen LogP contribution in [-0.2, 0) is 10.8 Å². The van der Waals surface area contributed by atoms with Gasteiger partial charge in [0.1, 0.15) is 0 Å². The second-order valence-electron chi connectivity index (χ2n) is 8.97. The van der Waals surface area contributed by atoms with Crippen molar-refractivity contribution in [2.24, 2.45) is 29.6 Å². The Balaban J connectivity index is 1.45. The molecule has 6 bridgehead atoms. The molecule has 4 saturated carbocycles. The second kappa shape index (κ2) is 4.56.